The van der Waals surface area contributed by atoms with Crippen molar-refractivity contribution < 1.29 is 19.0 Å². The summed E-state index contributed by atoms with van der Waals surface area (Å²) in [6, 6.07) is 0. The predicted molar refractivity (Wildman–Crippen MR) is 75.4 cm³/mol. The summed E-state index contributed by atoms with van der Waals surface area (Å²) in [6.07, 6.45) is 6.04. The van der Waals surface area contributed by atoms with Crippen LogP contribution in [0, 0.1) is 0 Å². The van der Waals surface area contributed by atoms with Crippen molar-refractivity contribution in [2.45, 2.75) is 51.9 Å². The molecule has 0 aromatic carbocycles. The van der Waals surface area contributed by atoms with Gasteiger partial charge in [0.1, 0.15) is 11.6 Å². The van der Waals surface area contributed by atoms with Gasteiger partial charge in [-0.1, -0.05) is 0 Å². The van der Waals surface area contributed by atoms with E-state index in [9.17, 15) is 4.79 Å². The Balaban J connectivity index is 1.70. The van der Waals surface area contributed by atoms with Crippen molar-refractivity contribution in [3.05, 3.63) is 16.1 Å². The molecular weight excluding hydrogens is 278 g/mol. The maximum Gasteiger partial charge on any atom is 0.306 e. The first-order valence-corrected chi connectivity index (χ1v) is 7.92. The lowest BCUT2D eigenvalue weighted by Crippen LogP contribution is -2.21. The lowest BCUT2D eigenvalue weighted by Gasteiger charge is -2.22. The fraction of sp³-hybridized carbons (Fsp3) is 0.714. The zero-order valence-electron chi connectivity index (χ0n) is 11.8. The summed E-state index contributed by atoms with van der Waals surface area (Å²) in [5.41, 5.74) is 0. The minimum absolute atomic E-state index is 0.0874. The molecule has 0 radical (unpaired) electrons. The molecule has 1 unspecified atom stereocenters. The van der Waals surface area contributed by atoms with Crippen LogP contribution in [0.2, 0.25) is 0 Å². The molecule has 1 fully saturated rings. The van der Waals surface area contributed by atoms with E-state index in [-0.39, 0.29) is 12.3 Å². The molecule has 0 spiro atoms. The molecule has 1 aromatic heterocycles. The van der Waals surface area contributed by atoms with Crippen LogP contribution < -0.4 is 0 Å². The molecular formula is C14H21NO4S. The van der Waals surface area contributed by atoms with Gasteiger partial charge >= 0.3 is 5.97 Å². The Morgan fingerprint density at radius 2 is 2.45 bits per heavy atom. The summed E-state index contributed by atoms with van der Waals surface area (Å²) in [5, 5.41) is 0.929. The van der Waals surface area contributed by atoms with Gasteiger partial charge in [0.25, 0.3) is 0 Å². The van der Waals surface area contributed by atoms with E-state index < -0.39 is 0 Å². The first-order chi connectivity index (χ1) is 9.78. The average molecular weight is 299 g/mol. The molecule has 1 atom stereocenters. The highest BCUT2D eigenvalue weighted by Gasteiger charge is 2.15. The van der Waals surface area contributed by atoms with E-state index in [1.165, 1.54) is 0 Å². The molecule has 2 rings (SSSR count). The molecule has 112 valence electrons. The SMILES string of the molecule is CCOC(=O)CCc1cnc(COC2CCCCO2)s1. The van der Waals surface area contributed by atoms with Gasteiger partial charge in [-0.2, -0.15) is 0 Å². The van der Waals surface area contributed by atoms with Gasteiger partial charge in [0.15, 0.2) is 6.29 Å². The monoisotopic (exact) mass is 299 g/mol. The van der Waals surface area contributed by atoms with Crippen LogP contribution in [0.3, 0.4) is 0 Å². The van der Waals surface area contributed by atoms with Crippen molar-refractivity contribution in [3.8, 4) is 0 Å². The molecule has 1 aliphatic heterocycles. The lowest BCUT2D eigenvalue weighted by molar-refractivity contribution is -0.168. The number of carbonyl (C=O) groups excluding carboxylic acids is 1. The van der Waals surface area contributed by atoms with E-state index in [1.54, 1.807) is 11.3 Å². The molecule has 1 aromatic rings. The topological polar surface area (TPSA) is 57.7 Å². The molecule has 0 amide bonds. The smallest absolute Gasteiger partial charge is 0.306 e. The molecule has 1 saturated heterocycles. The maximum absolute atomic E-state index is 11.3. The average Bonchev–Trinajstić information content (AvgIpc) is 2.92. The minimum Gasteiger partial charge on any atom is -0.466 e. The normalized spacial score (nSPS) is 18.9. The number of hydrogen-bond acceptors (Lipinski definition) is 6. The van der Waals surface area contributed by atoms with E-state index >= 15 is 0 Å². The molecule has 2 heterocycles. The van der Waals surface area contributed by atoms with Gasteiger partial charge in [-0.25, -0.2) is 4.98 Å². The largest absolute Gasteiger partial charge is 0.466 e. The number of thiazole rings is 1. The van der Waals surface area contributed by atoms with Crippen LogP contribution in [0.25, 0.3) is 0 Å². The van der Waals surface area contributed by atoms with Gasteiger partial charge in [0, 0.05) is 17.7 Å². The van der Waals surface area contributed by atoms with Crippen molar-refractivity contribution in [3.63, 3.8) is 0 Å². The number of rotatable bonds is 7. The Labute approximate surface area is 123 Å². The van der Waals surface area contributed by atoms with Crippen LogP contribution in [0.4, 0.5) is 0 Å². The minimum atomic E-state index is -0.158. The lowest BCUT2D eigenvalue weighted by atomic mass is 10.2. The van der Waals surface area contributed by atoms with Gasteiger partial charge in [-0.15, -0.1) is 11.3 Å². The molecule has 20 heavy (non-hydrogen) atoms. The summed E-state index contributed by atoms with van der Waals surface area (Å²) >= 11 is 1.58. The summed E-state index contributed by atoms with van der Waals surface area (Å²) in [5.74, 6) is -0.158. The van der Waals surface area contributed by atoms with Crippen LogP contribution in [-0.4, -0.2) is 30.5 Å². The number of carbonyl (C=O) groups is 1. The second-order valence-electron chi connectivity index (χ2n) is 4.63. The van der Waals surface area contributed by atoms with Gasteiger partial charge < -0.3 is 14.2 Å². The van der Waals surface area contributed by atoms with Crippen LogP contribution in [0.15, 0.2) is 6.20 Å². The third kappa shape index (κ3) is 5.19. The highest BCUT2D eigenvalue weighted by molar-refractivity contribution is 7.11. The Hall–Kier alpha value is -0.980. The fourth-order valence-corrected chi connectivity index (χ4v) is 2.84. The zero-order valence-corrected chi connectivity index (χ0v) is 12.6. The van der Waals surface area contributed by atoms with Crippen molar-refractivity contribution >= 4 is 17.3 Å². The van der Waals surface area contributed by atoms with E-state index in [1.807, 2.05) is 13.1 Å². The third-order valence-corrected chi connectivity index (χ3v) is 4.04. The van der Waals surface area contributed by atoms with E-state index in [2.05, 4.69) is 4.98 Å². The number of nitrogens with zero attached hydrogens (tertiary/aromatic N) is 1. The molecule has 0 bridgehead atoms. The Morgan fingerprint density at radius 1 is 1.55 bits per heavy atom. The molecule has 0 N–H and O–H groups in total. The second-order valence-corrected chi connectivity index (χ2v) is 5.83. The highest BCUT2D eigenvalue weighted by Crippen LogP contribution is 2.19. The van der Waals surface area contributed by atoms with E-state index in [4.69, 9.17) is 14.2 Å². The predicted octanol–water partition coefficient (Wildman–Crippen LogP) is 2.68. The van der Waals surface area contributed by atoms with Gasteiger partial charge in [0.2, 0.25) is 0 Å². The number of esters is 1. The van der Waals surface area contributed by atoms with Gasteiger partial charge in [-0.3, -0.25) is 4.79 Å². The second kappa shape index (κ2) is 8.34. The Morgan fingerprint density at radius 3 is 3.20 bits per heavy atom. The van der Waals surface area contributed by atoms with Crippen molar-refractivity contribution in [1.29, 1.82) is 0 Å². The Kier molecular flexibility index (Phi) is 6.42. The summed E-state index contributed by atoms with van der Waals surface area (Å²) in [6.45, 7) is 3.51. The summed E-state index contributed by atoms with van der Waals surface area (Å²) < 4.78 is 16.1. The van der Waals surface area contributed by atoms with Crippen LogP contribution >= 0.6 is 11.3 Å². The van der Waals surface area contributed by atoms with Crippen LogP contribution in [0.5, 0.6) is 0 Å². The molecule has 6 heteroatoms. The maximum atomic E-state index is 11.3. The number of aryl methyl sites for hydroxylation is 1. The standard InChI is InChI=1S/C14H21NO4S/c1-2-17-13(16)7-6-11-9-15-12(20-11)10-19-14-5-3-4-8-18-14/h9,14H,2-8,10H2,1H3. The summed E-state index contributed by atoms with van der Waals surface area (Å²) in [4.78, 5) is 16.7. The quantitative estimate of drug-likeness (QED) is 0.725. The van der Waals surface area contributed by atoms with Gasteiger partial charge in [-0.05, 0) is 32.6 Å². The number of aromatic nitrogens is 1. The van der Waals surface area contributed by atoms with E-state index in [0.29, 0.717) is 26.1 Å². The van der Waals surface area contributed by atoms with Crippen LogP contribution in [0.1, 0.15) is 42.5 Å². The third-order valence-electron chi connectivity index (χ3n) is 3.01. The first kappa shape index (κ1) is 15.4. The van der Waals surface area contributed by atoms with Gasteiger partial charge in [0.05, 0.1) is 13.0 Å². The summed E-state index contributed by atoms with van der Waals surface area (Å²) in [7, 11) is 0. The fourth-order valence-electron chi connectivity index (χ4n) is 2.00. The molecule has 0 saturated carbocycles. The molecule has 0 aliphatic carbocycles. The number of ether oxygens (including phenoxy) is 3. The van der Waals surface area contributed by atoms with E-state index in [0.717, 1.165) is 35.8 Å². The zero-order chi connectivity index (χ0) is 14.2. The first-order valence-electron chi connectivity index (χ1n) is 7.10. The van der Waals surface area contributed by atoms with Crippen molar-refractivity contribution in [2.75, 3.05) is 13.2 Å². The van der Waals surface area contributed by atoms with Crippen molar-refractivity contribution in [2.24, 2.45) is 0 Å². The van der Waals surface area contributed by atoms with Crippen LogP contribution in [-0.2, 0) is 32.0 Å². The van der Waals surface area contributed by atoms with Crippen molar-refractivity contribution in [1.82, 2.24) is 4.98 Å². The molecule has 5 nitrogen and oxygen atoms in total. The molecule has 1 aliphatic rings. The Bertz CT molecular complexity index is 415. The highest BCUT2D eigenvalue weighted by atomic mass is 32.1. The number of hydrogen-bond donors (Lipinski definition) is 0.